The van der Waals surface area contributed by atoms with Crippen molar-refractivity contribution in [3.05, 3.63) is 29.8 Å². The average Bonchev–Trinajstić information content (AvgIpc) is 2.73. The Hall–Kier alpha value is -2.24. The summed E-state index contributed by atoms with van der Waals surface area (Å²) < 4.78 is 5.75. The van der Waals surface area contributed by atoms with Gasteiger partial charge in [-0.05, 0) is 37.1 Å². The molecule has 0 aliphatic rings. The van der Waals surface area contributed by atoms with Crippen LogP contribution in [0.25, 0.3) is 0 Å². The van der Waals surface area contributed by atoms with Gasteiger partial charge in [0.25, 0.3) is 5.91 Å². The molecule has 0 saturated heterocycles. The molecule has 4 N–H and O–H groups in total. The van der Waals surface area contributed by atoms with Gasteiger partial charge in [-0.25, -0.2) is 0 Å². The first-order chi connectivity index (χ1) is 13.6. The van der Waals surface area contributed by atoms with Crippen molar-refractivity contribution in [2.24, 2.45) is 10.9 Å². The van der Waals surface area contributed by atoms with Gasteiger partial charge in [0.2, 0.25) is 0 Å². The molecule has 1 atom stereocenters. The van der Waals surface area contributed by atoms with Gasteiger partial charge in [-0.15, -0.1) is 0 Å². The fraction of sp³-hybridized carbons (Fsp3) is 0.636. The minimum atomic E-state index is -0.486. The molecule has 28 heavy (non-hydrogen) atoms. The molecule has 1 aromatic rings. The summed E-state index contributed by atoms with van der Waals surface area (Å²) in [6, 6.07) is 6.56. The van der Waals surface area contributed by atoms with Crippen LogP contribution in [0.5, 0.6) is 5.75 Å². The molecule has 0 bridgehead atoms. The molecule has 0 heterocycles. The topological polar surface area (TPSA) is 96.9 Å². The van der Waals surface area contributed by atoms with Crippen LogP contribution in [0.15, 0.2) is 29.4 Å². The second-order valence-electron chi connectivity index (χ2n) is 7.16. The SMILES string of the molecule is CCCCCCCCCCCOc1ccc(C(=O)NC(CC)/C(N)=N/O)cc1. The van der Waals surface area contributed by atoms with Crippen LogP contribution in [-0.4, -0.2) is 29.6 Å². The molecular formula is C22H37N3O3. The molecule has 0 aliphatic carbocycles. The zero-order valence-corrected chi connectivity index (χ0v) is 17.5. The van der Waals surface area contributed by atoms with Crippen molar-refractivity contribution in [2.75, 3.05) is 6.61 Å². The number of hydrogen-bond donors (Lipinski definition) is 3. The number of carbonyl (C=O) groups excluding carboxylic acids is 1. The van der Waals surface area contributed by atoms with E-state index < -0.39 is 6.04 Å². The highest BCUT2D eigenvalue weighted by molar-refractivity contribution is 5.98. The van der Waals surface area contributed by atoms with E-state index in [0.717, 1.165) is 12.2 Å². The first kappa shape index (κ1) is 23.8. The molecule has 6 nitrogen and oxygen atoms in total. The van der Waals surface area contributed by atoms with Crippen LogP contribution in [0, 0.1) is 0 Å². The number of nitrogens with one attached hydrogen (secondary N) is 1. The van der Waals surface area contributed by atoms with Crippen molar-refractivity contribution in [1.29, 1.82) is 0 Å². The summed E-state index contributed by atoms with van der Waals surface area (Å²) in [5.74, 6) is 0.500. The summed E-state index contributed by atoms with van der Waals surface area (Å²) in [7, 11) is 0. The monoisotopic (exact) mass is 391 g/mol. The van der Waals surface area contributed by atoms with Crippen LogP contribution in [0.4, 0.5) is 0 Å². The highest BCUT2D eigenvalue weighted by Crippen LogP contribution is 2.14. The number of unbranched alkanes of at least 4 members (excludes halogenated alkanes) is 8. The first-order valence-electron chi connectivity index (χ1n) is 10.6. The molecule has 158 valence electrons. The Morgan fingerprint density at radius 1 is 1.04 bits per heavy atom. The van der Waals surface area contributed by atoms with Gasteiger partial charge in [-0.2, -0.15) is 0 Å². The molecule has 6 heteroatoms. The molecule has 0 spiro atoms. The third kappa shape index (κ3) is 9.62. The number of amides is 1. The lowest BCUT2D eigenvalue weighted by atomic mass is 10.1. The Balaban J connectivity index is 2.23. The quantitative estimate of drug-likeness (QED) is 0.131. The zero-order chi connectivity index (χ0) is 20.6. The van der Waals surface area contributed by atoms with E-state index in [1.54, 1.807) is 24.3 Å². The Kier molecular flexibility index (Phi) is 12.6. The number of oxime groups is 1. The van der Waals surface area contributed by atoms with Crippen LogP contribution < -0.4 is 15.8 Å². The molecule has 1 rings (SSSR count). The van der Waals surface area contributed by atoms with Crippen LogP contribution in [-0.2, 0) is 0 Å². The van der Waals surface area contributed by atoms with Crippen molar-refractivity contribution in [3.8, 4) is 5.75 Å². The fourth-order valence-electron chi connectivity index (χ4n) is 3.00. The molecule has 1 unspecified atom stereocenters. The third-order valence-corrected chi connectivity index (χ3v) is 4.82. The lowest BCUT2D eigenvalue weighted by Crippen LogP contribution is -2.44. The van der Waals surface area contributed by atoms with Gasteiger partial charge in [0.1, 0.15) is 5.75 Å². The molecule has 0 fully saturated rings. The fourth-order valence-corrected chi connectivity index (χ4v) is 3.00. The van der Waals surface area contributed by atoms with Crippen LogP contribution in [0.1, 0.15) is 88.4 Å². The number of nitrogens with two attached hydrogens (primary N) is 1. The standard InChI is InChI=1S/C22H37N3O3/c1-3-5-6-7-8-9-10-11-12-17-28-19-15-13-18(14-16-19)22(26)24-20(4-2)21(23)25-27/h13-16,20,27H,3-12,17H2,1-2H3,(H2,23,25)(H,24,26). The summed E-state index contributed by atoms with van der Waals surface area (Å²) in [6.45, 7) is 4.80. The summed E-state index contributed by atoms with van der Waals surface area (Å²) in [5, 5.41) is 14.4. The van der Waals surface area contributed by atoms with E-state index in [1.165, 1.54) is 51.4 Å². The Morgan fingerprint density at radius 3 is 2.14 bits per heavy atom. The number of amidine groups is 1. The molecule has 1 amide bonds. The highest BCUT2D eigenvalue weighted by Gasteiger charge is 2.16. The van der Waals surface area contributed by atoms with E-state index in [0.29, 0.717) is 18.6 Å². The van der Waals surface area contributed by atoms with Gasteiger partial charge in [-0.1, -0.05) is 70.4 Å². The third-order valence-electron chi connectivity index (χ3n) is 4.82. The summed E-state index contributed by atoms with van der Waals surface area (Å²) >= 11 is 0. The van der Waals surface area contributed by atoms with E-state index in [9.17, 15) is 4.79 Å². The van der Waals surface area contributed by atoms with Crippen molar-refractivity contribution in [3.63, 3.8) is 0 Å². The summed E-state index contributed by atoms with van der Waals surface area (Å²) in [6.07, 6.45) is 12.1. The second-order valence-corrected chi connectivity index (χ2v) is 7.16. The number of benzene rings is 1. The Labute approximate surface area is 169 Å². The summed E-state index contributed by atoms with van der Waals surface area (Å²) in [4.78, 5) is 12.2. The van der Waals surface area contributed by atoms with Crippen molar-refractivity contribution >= 4 is 11.7 Å². The van der Waals surface area contributed by atoms with E-state index in [2.05, 4.69) is 17.4 Å². The minimum Gasteiger partial charge on any atom is -0.494 e. The maximum Gasteiger partial charge on any atom is 0.251 e. The van der Waals surface area contributed by atoms with Gasteiger partial charge in [0.05, 0.1) is 12.6 Å². The van der Waals surface area contributed by atoms with Gasteiger partial charge in [0, 0.05) is 5.56 Å². The second kappa shape index (κ2) is 14.8. The van der Waals surface area contributed by atoms with Crippen molar-refractivity contribution in [1.82, 2.24) is 5.32 Å². The average molecular weight is 392 g/mol. The number of hydrogen-bond acceptors (Lipinski definition) is 4. The lowest BCUT2D eigenvalue weighted by molar-refractivity contribution is 0.0945. The zero-order valence-electron chi connectivity index (χ0n) is 17.5. The molecule has 0 saturated carbocycles. The van der Waals surface area contributed by atoms with E-state index in [4.69, 9.17) is 15.7 Å². The number of rotatable bonds is 15. The van der Waals surface area contributed by atoms with Crippen LogP contribution in [0.3, 0.4) is 0 Å². The van der Waals surface area contributed by atoms with Crippen molar-refractivity contribution < 1.29 is 14.7 Å². The van der Waals surface area contributed by atoms with Gasteiger partial charge in [-0.3, -0.25) is 4.79 Å². The van der Waals surface area contributed by atoms with E-state index in [1.807, 2.05) is 6.92 Å². The van der Waals surface area contributed by atoms with Crippen LogP contribution in [0.2, 0.25) is 0 Å². The van der Waals surface area contributed by atoms with Crippen LogP contribution >= 0.6 is 0 Å². The molecular weight excluding hydrogens is 354 g/mol. The largest absolute Gasteiger partial charge is 0.494 e. The lowest BCUT2D eigenvalue weighted by Gasteiger charge is -2.15. The van der Waals surface area contributed by atoms with E-state index in [-0.39, 0.29) is 11.7 Å². The molecule has 0 aliphatic heterocycles. The normalized spacial score (nSPS) is 12.6. The number of carbonyl (C=O) groups is 1. The van der Waals surface area contributed by atoms with Gasteiger partial charge >= 0.3 is 0 Å². The molecule has 0 radical (unpaired) electrons. The first-order valence-corrected chi connectivity index (χ1v) is 10.6. The predicted molar refractivity (Wildman–Crippen MR) is 114 cm³/mol. The number of ether oxygens (including phenoxy) is 1. The maximum atomic E-state index is 12.2. The van der Waals surface area contributed by atoms with E-state index >= 15 is 0 Å². The molecule has 1 aromatic carbocycles. The van der Waals surface area contributed by atoms with Crippen molar-refractivity contribution in [2.45, 2.75) is 84.1 Å². The predicted octanol–water partition coefficient (Wildman–Crippen LogP) is 4.85. The molecule has 0 aromatic heterocycles. The Bertz CT molecular complexity index is 573. The smallest absolute Gasteiger partial charge is 0.251 e. The number of nitrogens with zero attached hydrogens (tertiary/aromatic N) is 1. The maximum absolute atomic E-state index is 12.2. The van der Waals surface area contributed by atoms with Gasteiger partial charge < -0.3 is 21.0 Å². The van der Waals surface area contributed by atoms with Gasteiger partial charge in [0.15, 0.2) is 5.84 Å². The minimum absolute atomic E-state index is 0.00300. The Morgan fingerprint density at radius 2 is 1.61 bits per heavy atom. The summed E-state index contributed by atoms with van der Waals surface area (Å²) in [5.41, 5.74) is 6.08. The highest BCUT2D eigenvalue weighted by atomic mass is 16.5.